The Morgan fingerprint density at radius 2 is 1.45 bits per heavy atom. The van der Waals surface area contributed by atoms with E-state index in [2.05, 4.69) is 5.32 Å². The van der Waals surface area contributed by atoms with Crippen LogP contribution in [-0.4, -0.2) is 38.3 Å². The first kappa shape index (κ1) is 22.2. The lowest BCUT2D eigenvalue weighted by Gasteiger charge is -2.22. The molecule has 8 heteroatoms. The van der Waals surface area contributed by atoms with Gasteiger partial charge in [-0.2, -0.15) is 4.31 Å². The third-order valence-electron chi connectivity index (χ3n) is 4.51. The number of anilines is 1. The van der Waals surface area contributed by atoms with Crippen LogP contribution < -0.4 is 5.32 Å². The van der Waals surface area contributed by atoms with Crippen molar-refractivity contribution in [2.75, 3.05) is 19.0 Å². The van der Waals surface area contributed by atoms with Crippen LogP contribution in [0.1, 0.15) is 15.9 Å². The van der Waals surface area contributed by atoms with E-state index in [1.54, 1.807) is 60.7 Å². The predicted molar refractivity (Wildman–Crippen MR) is 117 cm³/mol. The lowest BCUT2D eigenvalue weighted by molar-refractivity contribution is -0.116. The highest BCUT2D eigenvalue weighted by molar-refractivity contribution is 7.89. The Morgan fingerprint density at radius 3 is 2.10 bits per heavy atom. The van der Waals surface area contributed by atoms with Gasteiger partial charge in [0.1, 0.15) is 0 Å². The number of hydrogen-bond donors (Lipinski definition) is 1. The number of ether oxygens (including phenoxy) is 1. The molecule has 0 saturated carbocycles. The van der Waals surface area contributed by atoms with Crippen molar-refractivity contribution in [3.8, 4) is 0 Å². The van der Waals surface area contributed by atoms with Crippen molar-refractivity contribution in [1.29, 1.82) is 0 Å². The molecule has 31 heavy (non-hydrogen) atoms. The van der Waals surface area contributed by atoms with Gasteiger partial charge in [-0.25, -0.2) is 13.2 Å². The highest BCUT2D eigenvalue weighted by atomic mass is 32.2. The molecule has 0 radical (unpaired) electrons. The molecule has 160 valence electrons. The smallest absolute Gasteiger partial charge is 0.339 e. The Balaban J connectivity index is 1.87. The van der Waals surface area contributed by atoms with Gasteiger partial charge in [0.2, 0.25) is 15.9 Å². The van der Waals surface area contributed by atoms with Crippen LogP contribution in [0, 0.1) is 0 Å². The SMILES string of the molecule is COC(=O)c1ccccc1NC(=O)CN(Cc1ccccc1)S(=O)(=O)c1ccccc1. The zero-order chi connectivity index (χ0) is 22.3. The maximum absolute atomic E-state index is 13.2. The molecule has 0 aliphatic carbocycles. The van der Waals surface area contributed by atoms with Crippen molar-refractivity contribution in [2.45, 2.75) is 11.4 Å². The molecule has 1 amide bonds. The number of carbonyl (C=O) groups excluding carboxylic acids is 2. The summed E-state index contributed by atoms with van der Waals surface area (Å²) in [6.45, 7) is -0.411. The molecular formula is C23H22N2O5S. The molecule has 3 aromatic carbocycles. The zero-order valence-electron chi connectivity index (χ0n) is 16.9. The van der Waals surface area contributed by atoms with Gasteiger partial charge in [-0.05, 0) is 29.8 Å². The Bertz CT molecular complexity index is 1150. The predicted octanol–water partition coefficient (Wildman–Crippen LogP) is 3.30. The van der Waals surface area contributed by atoms with Crippen molar-refractivity contribution in [3.63, 3.8) is 0 Å². The molecule has 0 fully saturated rings. The van der Waals surface area contributed by atoms with Crippen molar-refractivity contribution < 1.29 is 22.7 Å². The van der Waals surface area contributed by atoms with E-state index < -0.39 is 28.4 Å². The molecule has 1 N–H and O–H groups in total. The van der Waals surface area contributed by atoms with E-state index in [4.69, 9.17) is 4.74 Å². The van der Waals surface area contributed by atoms with Gasteiger partial charge in [0.15, 0.2) is 0 Å². The van der Waals surface area contributed by atoms with E-state index in [0.29, 0.717) is 0 Å². The van der Waals surface area contributed by atoms with E-state index in [9.17, 15) is 18.0 Å². The molecule has 3 aromatic rings. The third kappa shape index (κ3) is 5.56. The Kier molecular flexibility index (Phi) is 7.17. The summed E-state index contributed by atoms with van der Waals surface area (Å²) in [5, 5.41) is 2.62. The summed E-state index contributed by atoms with van der Waals surface area (Å²) in [5.74, 6) is -1.18. The first-order valence-corrected chi connectivity index (χ1v) is 10.9. The number of hydrogen-bond acceptors (Lipinski definition) is 5. The van der Waals surface area contributed by atoms with Crippen LogP contribution in [0.25, 0.3) is 0 Å². The minimum absolute atomic E-state index is 0.0180. The first-order valence-electron chi connectivity index (χ1n) is 9.48. The second-order valence-electron chi connectivity index (χ2n) is 6.66. The third-order valence-corrected chi connectivity index (χ3v) is 6.32. The summed E-state index contributed by atoms with van der Waals surface area (Å²) in [6.07, 6.45) is 0. The quantitative estimate of drug-likeness (QED) is 0.545. The van der Waals surface area contributed by atoms with E-state index in [1.807, 2.05) is 6.07 Å². The number of methoxy groups -OCH3 is 1. The molecule has 0 aliphatic rings. The number of nitrogens with zero attached hydrogens (tertiary/aromatic N) is 1. The van der Waals surface area contributed by atoms with Crippen LogP contribution in [0.15, 0.2) is 89.8 Å². The summed E-state index contributed by atoms with van der Waals surface area (Å²) in [4.78, 5) is 24.8. The van der Waals surface area contributed by atoms with Gasteiger partial charge >= 0.3 is 5.97 Å². The number of benzene rings is 3. The van der Waals surface area contributed by atoms with Crippen LogP contribution in [0.5, 0.6) is 0 Å². The van der Waals surface area contributed by atoms with E-state index in [1.165, 1.54) is 25.3 Å². The summed E-state index contributed by atoms with van der Waals surface area (Å²) in [5.41, 5.74) is 1.17. The summed E-state index contributed by atoms with van der Waals surface area (Å²) in [6, 6.07) is 23.3. The van der Waals surface area contributed by atoms with Crippen LogP contribution in [0.2, 0.25) is 0 Å². The van der Waals surface area contributed by atoms with E-state index >= 15 is 0 Å². The average molecular weight is 439 g/mol. The number of para-hydroxylation sites is 1. The fraction of sp³-hybridized carbons (Fsp3) is 0.130. The van der Waals surface area contributed by atoms with Crippen LogP contribution in [0.4, 0.5) is 5.69 Å². The average Bonchev–Trinajstić information content (AvgIpc) is 2.79. The number of amides is 1. The molecule has 0 bridgehead atoms. The fourth-order valence-electron chi connectivity index (χ4n) is 2.98. The van der Waals surface area contributed by atoms with Gasteiger partial charge in [-0.3, -0.25) is 4.79 Å². The molecule has 3 rings (SSSR count). The molecule has 0 heterocycles. The van der Waals surface area contributed by atoms with E-state index in [0.717, 1.165) is 9.87 Å². The highest BCUT2D eigenvalue weighted by Crippen LogP contribution is 2.20. The van der Waals surface area contributed by atoms with Gasteiger partial charge in [0, 0.05) is 6.54 Å². The molecule has 0 atom stereocenters. The maximum atomic E-state index is 13.2. The van der Waals surface area contributed by atoms with Gasteiger partial charge in [-0.1, -0.05) is 60.7 Å². The topological polar surface area (TPSA) is 92.8 Å². The molecule has 0 spiro atoms. The maximum Gasteiger partial charge on any atom is 0.339 e. The second-order valence-corrected chi connectivity index (χ2v) is 8.60. The van der Waals surface area contributed by atoms with Gasteiger partial charge in [0.05, 0.1) is 29.8 Å². The van der Waals surface area contributed by atoms with Crippen molar-refractivity contribution in [3.05, 3.63) is 96.1 Å². The molecule has 0 unspecified atom stereocenters. The molecule has 7 nitrogen and oxygen atoms in total. The number of rotatable bonds is 8. The van der Waals surface area contributed by atoms with Crippen LogP contribution in [-0.2, 0) is 26.1 Å². The van der Waals surface area contributed by atoms with Crippen LogP contribution >= 0.6 is 0 Å². The molecule has 0 aromatic heterocycles. The monoisotopic (exact) mass is 438 g/mol. The Labute approximate surface area is 181 Å². The van der Waals surface area contributed by atoms with Crippen molar-refractivity contribution in [2.24, 2.45) is 0 Å². The van der Waals surface area contributed by atoms with Gasteiger partial charge in [-0.15, -0.1) is 0 Å². The zero-order valence-corrected chi connectivity index (χ0v) is 17.7. The first-order chi connectivity index (χ1) is 14.9. The molecule has 0 saturated heterocycles. The molecular weight excluding hydrogens is 416 g/mol. The minimum atomic E-state index is -3.94. The summed E-state index contributed by atoms with van der Waals surface area (Å²) < 4.78 is 32.3. The van der Waals surface area contributed by atoms with Crippen molar-refractivity contribution in [1.82, 2.24) is 4.31 Å². The number of carbonyl (C=O) groups is 2. The van der Waals surface area contributed by atoms with E-state index in [-0.39, 0.29) is 22.7 Å². The minimum Gasteiger partial charge on any atom is -0.465 e. The second kappa shape index (κ2) is 10.0. The number of esters is 1. The van der Waals surface area contributed by atoms with Crippen molar-refractivity contribution >= 4 is 27.6 Å². The number of nitrogens with one attached hydrogen (secondary N) is 1. The normalized spacial score (nSPS) is 11.2. The summed E-state index contributed by atoms with van der Waals surface area (Å²) in [7, 11) is -2.69. The highest BCUT2D eigenvalue weighted by Gasteiger charge is 2.27. The standard InChI is InChI=1S/C23H22N2O5S/c1-30-23(27)20-14-8-9-15-21(20)24-22(26)17-25(16-18-10-4-2-5-11-18)31(28,29)19-12-6-3-7-13-19/h2-15H,16-17H2,1H3,(H,24,26). The fourth-order valence-corrected chi connectivity index (χ4v) is 4.39. The lowest BCUT2D eigenvalue weighted by atomic mass is 10.2. The number of sulfonamides is 1. The summed E-state index contributed by atoms with van der Waals surface area (Å²) >= 11 is 0. The largest absolute Gasteiger partial charge is 0.465 e. The molecule has 0 aliphatic heterocycles. The van der Waals surface area contributed by atoms with Crippen LogP contribution in [0.3, 0.4) is 0 Å². The lowest BCUT2D eigenvalue weighted by Crippen LogP contribution is -2.37. The Hall–Kier alpha value is -3.49. The Morgan fingerprint density at radius 1 is 0.871 bits per heavy atom. The van der Waals surface area contributed by atoms with Gasteiger partial charge in [0.25, 0.3) is 0 Å². The van der Waals surface area contributed by atoms with Gasteiger partial charge < -0.3 is 10.1 Å².